The molecule has 23 heavy (non-hydrogen) atoms. The lowest BCUT2D eigenvalue weighted by Crippen LogP contribution is -2.39. The van der Waals surface area contributed by atoms with Crippen LogP contribution >= 0.6 is 0 Å². The van der Waals surface area contributed by atoms with Crippen molar-refractivity contribution in [3.63, 3.8) is 0 Å². The third-order valence-corrected chi connectivity index (χ3v) is 4.64. The van der Waals surface area contributed by atoms with Crippen molar-refractivity contribution in [3.8, 4) is 0 Å². The molecule has 1 fully saturated rings. The fourth-order valence-corrected chi connectivity index (χ4v) is 3.22. The summed E-state index contributed by atoms with van der Waals surface area (Å²) < 4.78 is 10.8. The molecule has 124 valence electrons. The van der Waals surface area contributed by atoms with E-state index in [1.54, 1.807) is 0 Å². The van der Waals surface area contributed by atoms with Gasteiger partial charge in [-0.3, -0.25) is 4.79 Å². The molecule has 0 radical (unpaired) electrons. The fraction of sp³-hybridized carbons (Fsp3) is 0.588. The number of rotatable bonds is 3. The van der Waals surface area contributed by atoms with Gasteiger partial charge in [0, 0.05) is 31.0 Å². The molecule has 1 amide bonds. The van der Waals surface area contributed by atoms with Crippen molar-refractivity contribution in [2.45, 2.75) is 52.9 Å². The van der Waals surface area contributed by atoms with Crippen LogP contribution in [0.25, 0.3) is 0 Å². The van der Waals surface area contributed by atoms with E-state index in [1.165, 1.54) is 0 Å². The zero-order valence-corrected chi connectivity index (χ0v) is 14.2. The number of carbonyl (C=O) groups is 1. The fourth-order valence-electron chi connectivity index (χ4n) is 3.22. The molecule has 1 atom stereocenters. The normalized spacial score (nSPS) is 18.4. The lowest BCUT2D eigenvalue weighted by atomic mass is 9.96. The van der Waals surface area contributed by atoms with Crippen LogP contribution in [0.4, 0.5) is 0 Å². The SMILES string of the molecule is CCc1nc([C@@H]2CCCN(C(=O)c3c(C)oc(C)c3C)C2)no1. The zero-order chi connectivity index (χ0) is 16.6. The Kier molecular flexibility index (Phi) is 4.24. The largest absolute Gasteiger partial charge is 0.466 e. The van der Waals surface area contributed by atoms with E-state index in [9.17, 15) is 4.79 Å². The predicted octanol–water partition coefficient (Wildman–Crippen LogP) is 3.17. The van der Waals surface area contributed by atoms with Crippen molar-refractivity contribution in [2.75, 3.05) is 13.1 Å². The summed E-state index contributed by atoms with van der Waals surface area (Å²) in [5.74, 6) is 3.06. The Hall–Kier alpha value is -2.11. The average molecular weight is 317 g/mol. The lowest BCUT2D eigenvalue weighted by molar-refractivity contribution is 0.0701. The van der Waals surface area contributed by atoms with Crippen molar-refractivity contribution in [3.05, 3.63) is 34.4 Å². The topological polar surface area (TPSA) is 72.4 Å². The zero-order valence-electron chi connectivity index (χ0n) is 14.2. The number of piperidine rings is 1. The van der Waals surface area contributed by atoms with Gasteiger partial charge in [-0.1, -0.05) is 12.1 Å². The van der Waals surface area contributed by atoms with Crippen molar-refractivity contribution in [2.24, 2.45) is 0 Å². The van der Waals surface area contributed by atoms with Crippen LogP contribution in [-0.2, 0) is 6.42 Å². The van der Waals surface area contributed by atoms with Gasteiger partial charge in [-0.15, -0.1) is 0 Å². The number of likely N-dealkylation sites (tertiary alicyclic amines) is 1. The van der Waals surface area contributed by atoms with Crippen LogP contribution in [-0.4, -0.2) is 34.0 Å². The molecule has 0 aliphatic carbocycles. The Morgan fingerprint density at radius 1 is 1.30 bits per heavy atom. The monoisotopic (exact) mass is 317 g/mol. The van der Waals surface area contributed by atoms with E-state index in [0.29, 0.717) is 23.8 Å². The third kappa shape index (κ3) is 2.90. The summed E-state index contributed by atoms with van der Waals surface area (Å²) >= 11 is 0. The molecule has 2 aromatic rings. The number of carbonyl (C=O) groups excluding carboxylic acids is 1. The van der Waals surface area contributed by atoms with Gasteiger partial charge >= 0.3 is 0 Å². The summed E-state index contributed by atoms with van der Waals surface area (Å²) in [5, 5.41) is 4.07. The van der Waals surface area contributed by atoms with Crippen molar-refractivity contribution in [1.82, 2.24) is 15.0 Å². The van der Waals surface area contributed by atoms with Crippen LogP contribution in [0.15, 0.2) is 8.94 Å². The van der Waals surface area contributed by atoms with Gasteiger partial charge < -0.3 is 13.8 Å². The van der Waals surface area contributed by atoms with Crippen LogP contribution < -0.4 is 0 Å². The average Bonchev–Trinajstić information content (AvgIpc) is 3.12. The van der Waals surface area contributed by atoms with E-state index in [2.05, 4.69) is 10.1 Å². The molecule has 0 spiro atoms. The van der Waals surface area contributed by atoms with Gasteiger partial charge in [0.05, 0.1) is 5.56 Å². The number of furan rings is 1. The van der Waals surface area contributed by atoms with E-state index >= 15 is 0 Å². The smallest absolute Gasteiger partial charge is 0.257 e. The molecule has 1 aliphatic rings. The first-order chi connectivity index (χ1) is 11.0. The molecule has 0 N–H and O–H groups in total. The number of aromatic nitrogens is 2. The molecule has 2 aromatic heterocycles. The molecule has 0 saturated carbocycles. The van der Waals surface area contributed by atoms with Crippen LogP contribution in [0.1, 0.15) is 64.8 Å². The molecular weight excluding hydrogens is 294 g/mol. The first-order valence-corrected chi connectivity index (χ1v) is 8.19. The molecule has 0 unspecified atom stereocenters. The predicted molar refractivity (Wildman–Crippen MR) is 84.5 cm³/mol. The molecule has 1 saturated heterocycles. The Labute approximate surface area is 135 Å². The van der Waals surface area contributed by atoms with Gasteiger partial charge in [-0.25, -0.2) is 0 Å². The molecule has 3 heterocycles. The number of aryl methyl sites for hydroxylation is 3. The molecule has 0 aromatic carbocycles. The van der Waals surface area contributed by atoms with Gasteiger partial charge in [0.1, 0.15) is 11.5 Å². The van der Waals surface area contributed by atoms with Crippen molar-refractivity contribution in [1.29, 1.82) is 0 Å². The summed E-state index contributed by atoms with van der Waals surface area (Å²) in [7, 11) is 0. The Morgan fingerprint density at radius 3 is 2.70 bits per heavy atom. The summed E-state index contributed by atoms with van der Waals surface area (Å²) in [6.45, 7) is 9.06. The van der Waals surface area contributed by atoms with Crippen molar-refractivity contribution >= 4 is 5.91 Å². The van der Waals surface area contributed by atoms with E-state index < -0.39 is 0 Å². The van der Waals surface area contributed by atoms with E-state index in [0.717, 1.165) is 43.0 Å². The number of amides is 1. The van der Waals surface area contributed by atoms with Gasteiger partial charge in [-0.2, -0.15) is 4.98 Å². The van der Waals surface area contributed by atoms with Crippen LogP contribution in [0, 0.1) is 20.8 Å². The number of hydrogen-bond acceptors (Lipinski definition) is 5. The van der Waals surface area contributed by atoms with Crippen LogP contribution in [0.3, 0.4) is 0 Å². The minimum Gasteiger partial charge on any atom is -0.466 e. The maximum absolute atomic E-state index is 12.9. The summed E-state index contributed by atoms with van der Waals surface area (Å²) in [6.07, 6.45) is 2.66. The van der Waals surface area contributed by atoms with Gasteiger partial charge in [0.25, 0.3) is 5.91 Å². The first kappa shape index (κ1) is 15.8. The Morgan fingerprint density at radius 2 is 2.09 bits per heavy atom. The first-order valence-electron chi connectivity index (χ1n) is 8.19. The van der Waals surface area contributed by atoms with E-state index in [4.69, 9.17) is 8.94 Å². The maximum atomic E-state index is 12.9. The van der Waals surface area contributed by atoms with E-state index in [-0.39, 0.29) is 11.8 Å². The van der Waals surface area contributed by atoms with Crippen molar-refractivity contribution < 1.29 is 13.7 Å². The Balaban J connectivity index is 1.79. The highest BCUT2D eigenvalue weighted by Crippen LogP contribution is 2.28. The number of hydrogen-bond donors (Lipinski definition) is 0. The summed E-state index contributed by atoms with van der Waals surface area (Å²) in [5.41, 5.74) is 1.63. The lowest BCUT2D eigenvalue weighted by Gasteiger charge is -2.31. The molecule has 3 rings (SSSR count). The molecular formula is C17H23N3O3. The quantitative estimate of drug-likeness (QED) is 0.869. The van der Waals surface area contributed by atoms with E-state index in [1.807, 2.05) is 32.6 Å². The minimum atomic E-state index is 0.0424. The maximum Gasteiger partial charge on any atom is 0.257 e. The second-order valence-corrected chi connectivity index (χ2v) is 6.20. The van der Waals surface area contributed by atoms with Crippen LogP contribution in [0.5, 0.6) is 0 Å². The van der Waals surface area contributed by atoms with Gasteiger partial charge in [0.15, 0.2) is 5.82 Å². The molecule has 1 aliphatic heterocycles. The molecule has 0 bridgehead atoms. The Bertz CT molecular complexity index is 717. The molecule has 6 nitrogen and oxygen atoms in total. The highest BCUT2D eigenvalue weighted by molar-refractivity contribution is 5.97. The summed E-state index contributed by atoms with van der Waals surface area (Å²) in [4.78, 5) is 19.2. The molecule has 6 heteroatoms. The highest BCUT2D eigenvalue weighted by Gasteiger charge is 2.31. The number of nitrogens with zero attached hydrogens (tertiary/aromatic N) is 3. The summed E-state index contributed by atoms with van der Waals surface area (Å²) in [6, 6.07) is 0. The second-order valence-electron chi connectivity index (χ2n) is 6.20. The van der Waals surface area contributed by atoms with Crippen LogP contribution in [0.2, 0.25) is 0 Å². The third-order valence-electron chi connectivity index (χ3n) is 4.64. The second kappa shape index (κ2) is 6.18. The minimum absolute atomic E-state index is 0.0424. The van der Waals surface area contributed by atoms with Gasteiger partial charge in [0.2, 0.25) is 5.89 Å². The standard InChI is InChI=1S/C17H23N3O3/c1-5-14-18-16(19-23-14)13-7-6-8-20(9-13)17(21)15-10(2)11(3)22-12(15)4/h13H,5-9H2,1-4H3/t13-/m1/s1. The van der Waals surface area contributed by atoms with Gasteiger partial charge in [-0.05, 0) is 33.6 Å². The highest BCUT2D eigenvalue weighted by atomic mass is 16.5.